The summed E-state index contributed by atoms with van der Waals surface area (Å²) in [5, 5.41) is 21.0. The molecule has 86 valence electrons. The van der Waals surface area contributed by atoms with Gasteiger partial charge in [-0.3, -0.25) is 4.52 Å². The number of fused-ring (bicyclic) bond motifs is 1. The third-order valence-electron chi connectivity index (χ3n) is 2.02. The van der Waals surface area contributed by atoms with E-state index in [0.717, 1.165) is 6.20 Å². The fourth-order valence-electron chi connectivity index (χ4n) is 1.29. The summed E-state index contributed by atoms with van der Waals surface area (Å²) in [6.07, 6.45) is 1.13. The van der Waals surface area contributed by atoms with E-state index in [0.29, 0.717) is 0 Å². The highest BCUT2D eigenvalue weighted by atomic mass is 16.6. The van der Waals surface area contributed by atoms with E-state index in [2.05, 4.69) is 25.1 Å². The molecular weight excluding hydrogens is 234 g/mol. The lowest BCUT2D eigenvalue weighted by atomic mass is 10.4. The zero-order chi connectivity index (χ0) is 12.0. The van der Waals surface area contributed by atoms with Crippen molar-refractivity contribution in [2.24, 2.45) is 0 Å². The highest BCUT2D eigenvalue weighted by Crippen LogP contribution is 2.23. The van der Waals surface area contributed by atoms with Gasteiger partial charge in [-0.2, -0.15) is 0 Å². The molecule has 0 unspecified atom stereocenters. The van der Waals surface area contributed by atoms with E-state index in [1.807, 2.05) is 0 Å². The Morgan fingerprint density at radius 2 is 2.24 bits per heavy atom. The molecule has 11 nitrogen and oxygen atoms in total. The lowest BCUT2D eigenvalue weighted by molar-refractivity contribution is -0.389. The Morgan fingerprint density at radius 3 is 2.88 bits per heavy atom. The Hall–Kier alpha value is -2.98. The molecule has 0 aliphatic rings. The van der Waals surface area contributed by atoms with Gasteiger partial charge in [0.05, 0.1) is 0 Å². The van der Waals surface area contributed by atoms with Crippen LogP contribution in [0.25, 0.3) is 17.4 Å². The van der Waals surface area contributed by atoms with Gasteiger partial charge in [0.25, 0.3) is 0 Å². The van der Waals surface area contributed by atoms with Crippen LogP contribution >= 0.6 is 0 Å². The highest BCUT2D eigenvalue weighted by Gasteiger charge is 2.24. The zero-order valence-corrected chi connectivity index (χ0v) is 7.97. The monoisotopic (exact) mass is 237 g/mol. The van der Waals surface area contributed by atoms with Crippen LogP contribution in [0.5, 0.6) is 0 Å². The van der Waals surface area contributed by atoms with Gasteiger partial charge >= 0.3 is 11.7 Å². The molecule has 0 spiro atoms. The number of nitrogen functional groups attached to an aromatic ring is 1. The molecule has 11 heteroatoms. The van der Waals surface area contributed by atoms with Crippen molar-refractivity contribution in [3.8, 4) is 11.5 Å². The molecule has 0 saturated heterocycles. The number of nitrogens with two attached hydrogens (primary N) is 1. The number of hydrogen-bond donors (Lipinski definition) is 1. The molecule has 3 rings (SSSR count). The summed E-state index contributed by atoms with van der Waals surface area (Å²) in [6.45, 7) is 0. The van der Waals surface area contributed by atoms with Crippen LogP contribution in [0.4, 0.5) is 11.6 Å². The third kappa shape index (κ3) is 1.22. The Bertz CT molecular complexity index is 709. The molecule has 0 atom stereocenters. The predicted octanol–water partition coefficient (Wildman–Crippen LogP) is -0.137. The number of imidazole rings is 1. The van der Waals surface area contributed by atoms with Gasteiger partial charge in [-0.25, -0.2) is 9.03 Å². The van der Waals surface area contributed by atoms with Crippen molar-refractivity contribution in [3.63, 3.8) is 0 Å². The van der Waals surface area contributed by atoms with Crippen molar-refractivity contribution in [1.82, 2.24) is 24.9 Å². The largest absolute Gasteiger partial charge is 0.447 e. The number of nitro groups is 1. The summed E-state index contributed by atoms with van der Waals surface area (Å²) in [4.78, 5) is 13.5. The van der Waals surface area contributed by atoms with E-state index in [1.165, 1.54) is 4.40 Å². The number of nitrogens with zero attached hydrogens (tertiary/aromatic N) is 6. The minimum absolute atomic E-state index is 0.00319. The molecule has 0 saturated carbocycles. The summed E-state index contributed by atoms with van der Waals surface area (Å²) in [5.74, 6) is -0.299. The first-order chi connectivity index (χ1) is 8.16. The zero-order valence-electron chi connectivity index (χ0n) is 7.97. The Labute approximate surface area is 90.9 Å². The second-order valence-corrected chi connectivity index (χ2v) is 3.01. The molecule has 3 aromatic rings. The first-order valence-electron chi connectivity index (χ1n) is 4.24. The summed E-state index contributed by atoms with van der Waals surface area (Å²) in [6, 6.07) is 0. The van der Waals surface area contributed by atoms with Crippen molar-refractivity contribution in [2.45, 2.75) is 0 Å². The molecule has 17 heavy (non-hydrogen) atoms. The van der Waals surface area contributed by atoms with Gasteiger partial charge in [0.2, 0.25) is 5.82 Å². The molecule has 0 aromatic carbocycles. The van der Waals surface area contributed by atoms with E-state index < -0.39 is 4.92 Å². The normalized spacial score (nSPS) is 11.1. The van der Waals surface area contributed by atoms with E-state index in [9.17, 15) is 10.1 Å². The predicted molar refractivity (Wildman–Crippen MR) is 49.6 cm³/mol. The molecular formula is C6H3N7O4. The molecule has 0 amide bonds. The Morgan fingerprint density at radius 1 is 1.41 bits per heavy atom. The lowest BCUT2D eigenvalue weighted by Gasteiger charge is -1.87. The minimum Gasteiger partial charge on any atom is -0.379 e. The van der Waals surface area contributed by atoms with Crippen LogP contribution in [0.2, 0.25) is 0 Å². The van der Waals surface area contributed by atoms with Crippen molar-refractivity contribution < 1.29 is 14.1 Å². The average Bonchev–Trinajstić information content (AvgIpc) is 2.91. The molecule has 2 N–H and O–H groups in total. The summed E-state index contributed by atoms with van der Waals surface area (Å²) < 4.78 is 10.4. The number of anilines is 1. The van der Waals surface area contributed by atoms with Crippen molar-refractivity contribution in [1.29, 1.82) is 0 Å². The molecule has 0 bridgehead atoms. The molecule has 0 radical (unpaired) electrons. The number of hydrogen-bond acceptors (Lipinski definition) is 9. The fraction of sp³-hybridized carbons (Fsp3) is 0. The maximum Gasteiger partial charge on any atom is 0.447 e. The minimum atomic E-state index is -0.656. The van der Waals surface area contributed by atoms with Gasteiger partial charge in [-0.15, -0.1) is 0 Å². The standard InChI is InChI=1S/C6H3N7O4/c7-4-3(9-17-10-4)5-11-16-6-8-2(13(14)15)1-12(5)6/h1H,(H2,7,10). The Balaban J connectivity index is 2.24. The molecule has 0 aliphatic carbocycles. The molecule has 0 fully saturated rings. The van der Waals surface area contributed by atoms with Crippen LogP contribution in [0, 0.1) is 10.1 Å². The van der Waals surface area contributed by atoms with Gasteiger partial charge in [0.15, 0.2) is 11.5 Å². The molecule has 0 aliphatic heterocycles. The van der Waals surface area contributed by atoms with Gasteiger partial charge in [0, 0.05) is 4.98 Å². The van der Waals surface area contributed by atoms with Crippen LogP contribution in [0.15, 0.2) is 15.3 Å². The summed E-state index contributed by atoms with van der Waals surface area (Å²) >= 11 is 0. The number of rotatable bonds is 2. The van der Waals surface area contributed by atoms with Crippen molar-refractivity contribution >= 4 is 17.5 Å². The maximum absolute atomic E-state index is 10.5. The van der Waals surface area contributed by atoms with Gasteiger partial charge < -0.3 is 15.8 Å². The fourth-order valence-corrected chi connectivity index (χ4v) is 1.29. The molecule has 3 aromatic heterocycles. The summed E-state index contributed by atoms with van der Waals surface area (Å²) in [5.41, 5.74) is 5.59. The second-order valence-electron chi connectivity index (χ2n) is 3.01. The third-order valence-corrected chi connectivity index (χ3v) is 2.02. The first-order valence-corrected chi connectivity index (χ1v) is 4.24. The average molecular weight is 237 g/mol. The van der Waals surface area contributed by atoms with Crippen LogP contribution in [-0.2, 0) is 0 Å². The van der Waals surface area contributed by atoms with E-state index in [-0.39, 0.29) is 29.0 Å². The van der Waals surface area contributed by atoms with Gasteiger partial charge in [0.1, 0.15) is 6.20 Å². The topological polar surface area (TPSA) is 151 Å². The Kier molecular flexibility index (Phi) is 1.64. The van der Waals surface area contributed by atoms with Crippen molar-refractivity contribution in [2.75, 3.05) is 5.73 Å². The van der Waals surface area contributed by atoms with Crippen molar-refractivity contribution in [3.05, 3.63) is 16.3 Å². The van der Waals surface area contributed by atoms with E-state index in [1.54, 1.807) is 0 Å². The summed E-state index contributed by atoms with van der Waals surface area (Å²) in [7, 11) is 0. The lowest BCUT2D eigenvalue weighted by Crippen LogP contribution is -1.93. The molecule has 3 heterocycles. The van der Waals surface area contributed by atoms with Crippen LogP contribution in [0.1, 0.15) is 0 Å². The SMILES string of the molecule is Nc1nonc1-c1noc2nc([N+](=O)[O-])cn12. The number of aromatic nitrogens is 5. The van der Waals surface area contributed by atoms with Crippen LogP contribution in [0.3, 0.4) is 0 Å². The van der Waals surface area contributed by atoms with Gasteiger partial charge in [-0.05, 0) is 15.2 Å². The van der Waals surface area contributed by atoms with E-state index >= 15 is 0 Å². The maximum atomic E-state index is 10.5. The van der Waals surface area contributed by atoms with Crippen LogP contribution < -0.4 is 5.73 Å². The van der Waals surface area contributed by atoms with Gasteiger partial charge in [-0.1, -0.05) is 5.16 Å². The first kappa shape index (κ1) is 9.26. The smallest absolute Gasteiger partial charge is 0.379 e. The quantitative estimate of drug-likeness (QED) is 0.474. The second kappa shape index (κ2) is 3.01. The van der Waals surface area contributed by atoms with Crippen LogP contribution in [-0.4, -0.2) is 29.8 Å². The van der Waals surface area contributed by atoms with E-state index in [4.69, 9.17) is 10.3 Å². The highest BCUT2D eigenvalue weighted by molar-refractivity contribution is 5.64.